The molecule has 0 bridgehead atoms. The normalized spacial score (nSPS) is 15.8. The lowest BCUT2D eigenvalue weighted by Crippen LogP contribution is -2.44. The number of nitrogens with one attached hydrogen (secondary N) is 1. The molecule has 0 aromatic heterocycles. The predicted octanol–water partition coefficient (Wildman–Crippen LogP) is 2.92. The summed E-state index contributed by atoms with van der Waals surface area (Å²) in [6.45, 7) is 3.40. The highest BCUT2D eigenvalue weighted by Crippen LogP contribution is 2.39. The second-order valence-electron chi connectivity index (χ2n) is 8.02. The summed E-state index contributed by atoms with van der Waals surface area (Å²) in [6.07, 6.45) is -0.324. The molecule has 176 valence electrons. The number of nitrogens with two attached hydrogens (primary N) is 2. The predicted molar refractivity (Wildman–Crippen MR) is 135 cm³/mol. The first-order chi connectivity index (χ1) is 15.9. The third kappa shape index (κ3) is 4.69. The van der Waals surface area contributed by atoms with E-state index in [-0.39, 0.29) is 38.7 Å². The molecule has 12 heteroatoms. The van der Waals surface area contributed by atoms with Crippen molar-refractivity contribution in [1.29, 1.82) is 5.26 Å². The summed E-state index contributed by atoms with van der Waals surface area (Å²) in [5.41, 5.74) is 11.0. The number of nitrogens with zero attached hydrogens (tertiary/aromatic N) is 3. The zero-order valence-electron chi connectivity index (χ0n) is 18.1. The number of nitriles is 1. The van der Waals surface area contributed by atoms with Crippen LogP contribution in [0.3, 0.4) is 0 Å². The van der Waals surface area contributed by atoms with Gasteiger partial charge in [0.15, 0.2) is 5.11 Å². The Morgan fingerprint density at radius 1 is 1.18 bits per heavy atom. The number of carbonyl (C=O) groups excluding carboxylic acids is 3. The third-order valence-electron chi connectivity index (χ3n) is 5.25. The summed E-state index contributed by atoms with van der Waals surface area (Å²) in [5.74, 6) is -1.68. The molecular formula is C22H20Cl2N6O3S. The minimum Gasteiger partial charge on any atom is -0.368 e. The standard InChI is InChI=1S/C22H20Cl2N6O3S/c1-22(2)20(33)29(12-4-3-11(10-25)15(24)7-12)21(34)30(22)13-5-6-14(23)17(8-13)28-18(31)9-16(26)19(27)32/h3-8,16H,9,26H2,1-2H3,(H2,27,32)(H,28,31). The Morgan fingerprint density at radius 2 is 1.82 bits per heavy atom. The molecule has 9 nitrogen and oxygen atoms in total. The number of hydrogen-bond acceptors (Lipinski definition) is 6. The number of hydrogen-bond donors (Lipinski definition) is 3. The van der Waals surface area contributed by atoms with Gasteiger partial charge in [0.05, 0.1) is 39.4 Å². The van der Waals surface area contributed by atoms with E-state index in [0.717, 1.165) is 0 Å². The van der Waals surface area contributed by atoms with Crippen LogP contribution in [0.5, 0.6) is 0 Å². The second-order valence-corrected chi connectivity index (χ2v) is 9.20. The summed E-state index contributed by atoms with van der Waals surface area (Å²) >= 11 is 18.0. The Hall–Kier alpha value is -3.23. The highest BCUT2D eigenvalue weighted by molar-refractivity contribution is 7.81. The van der Waals surface area contributed by atoms with E-state index in [1.807, 2.05) is 6.07 Å². The fraction of sp³-hybridized carbons (Fsp3) is 0.227. The van der Waals surface area contributed by atoms with Crippen LogP contribution >= 0.6 is 35.4 Å². The van der Waals surface area contributed by atoms with Gasteiger partial charge in [-0.15, -0.1) is 0 Å². The van der Waals surface area contributed by atoms with Crippen molar-refractivity contribution in [2.24, 2.45) is 11.5 Å². The van der Waals surface area contributed by atoms with Crippen molar-refractivity contribution in [3.63, 3.8) is 0 Å². The summed E-state index contributed by atoms with van der Waals surface area (Å²) < 4.78 is 0. The average Bonchev–Trinajstić information content (AvgIpc) is 2.93. The van der Waals surface area contributed by atoms with Gasteiger partial charge in [-0.1, -0.05) is 23.2 Å². The van der Waals surface area contributed by atoms with Crippen LogP contribution < -0.4 is 26.6 Å². The zero-order chi connectivity index (χ0) is 25.4. The molecule has 1 aliphatic rings. The first kappa shape index (κ1) is 25.4. The largest absolute Gasteiger partial charge is 0.368 e. The van der Waals surface area contributed by atoms with E-state index in [2.05, 4.69) is 5.32 Å². The molecule has 3 amide bonds. The topological polar surface area (TPSA) is 146 Å². The molecule has 1 heterocycles. The molecule has 0 radical (unpaired) electrons. The molecule has 1 atom stereocenters. The lowest BCUT2D eigenvalue weighted by atomic mass is 10.0. The van der Waals surface area contributed by atoms with E-state index in [1.54, 1.807) is 43.0 Å². The van der Waals surface area contributed by atoms with Gasteiger partial charge in [-0.25, -0.2) is 0 Å². The van der Waals surface area contributed by atoms with Crippen LogP contribution in [0.15, 0.2) is 36.4 Å². The van der Waals surface area contributed by atoms with Gasteiger partial charge < -0.3 is 21.7 Å². The van der Waals surface area contributed by atoms with Crippen molar-refractivity contribution in [3.05, 3.63) is 52.0 Å². The van der Waals surface area contributed by atoms with Crippen molar-refractivity contribution >= 4 is 75.3 Å². The van der Waals surface area contributed by atoms with E-state index in [9.17, 15) is 14.4 Å². The summed E-state index contributed by atoms with van der Waals surface area (Å²) in [6, 6.07) is 10.2. The van der Waals surface area contributed by atoms with Crippen LogP contribution in [-0.2, 0) is 14.4 Å². The second kappa shape index (κ2) is 9.56. The van der Waals surface area contributed by atoms with Crippen LogP contribution in [0.25, 0.3) is 0 Å². The van der Waals surface area contributed by atoms with Crippen LogP contribution in [0, 0.1) is 11.3 Å². The van der Waals surface area contributed by atoms with E-state index in [4.69, 9.17) is 52.1 Å². The van der Waals surface area contributed by atoms with E-state index >= 15 is 0 Å². The maximum absolute atomic E-state index is 13.3. The van der Waals surface area contributed by atoms with Crippen LogP contribution in [0.2, 0.25) is 10.0 Å². The van der Waals surface area contributed by atoms with Gasteiger partial charge in [-0.3, -0.25) is 19.3 Å². The van der Waals surface area contributed by atoms with Crippen molar-refractivity contribution in [2.75, 3.05) is 15.1 Å². The zero-order valence-corrected chi connectivity index (χ0v) is 20.5. The molecule has 0 spiro atoms. The fourth-order valence-electron chi connectivity index (χ4n) is 3.44. The average molecular weight is 519 g/mol. The number of rotatable bonds is 6. The number of amides is 3. The molecule has 5 N–H and O–H groups in total. The molecule has 2 aromatic carbocycles. The van der Waals surface area contributed by atoms with Crippen LogP contribution in [0.1, 0.15) is 25.8 Å². The Labute approximate surface area is 211 Å². The van der Waals surface area contributed by atoms with Gasteiger partial charge in [0.25, 0.3) is 5.91 Å². The number of carbonyl (C=O) groups is 3. The molecule has 3 rings (SSSR count). The maximum Gasteiger partial charge on any atom is 0.259 e. The Balaban J connectivity index is 1.95. The quantitative estimate of drug-likeness (QED) is 0.498. The Kier molecular flexibility index (Phi) is 7.14. The van der Waals surface area contributed by atoms with Crippen molar-refractivity contribution in [2.45, 2.75) is 31.8 Å². The molecular weight excluding hydrogens is 499 g/mol. The van der Waals surface area contributed by atoms with Crippen molar-refractivity contribution in [3.8, 4) is 6.07 Å². The molecule has 1 unspecified atom stereocenters. The van der Waals surface area contributed by atoms with E-state index in [0.29, 0.717) is 11.4 Å². The SMILES string of the molecule is CC1(C)C(=O)N(c2ccc(C#N)c(Cl)c2)C(=S)N1c1ccc(Cl)c(NC(=O)CC(N)C(N)=O)c1. The Morgan fingerprint density at radius 3 is 2.41 bits per heavy atom. The number of primary amides is 1. The summed E-state index contributed by atoms with van der Waals surface area (Å²) in [5, 5.41) is 12.3. The van der Waals surface area contributed by atoms with Crippen LogP contribution in [0.4, 0.5) is 17.1 Å². The number of anilines is 3. The van der Waals surface area contributed by atoms with Crippen molar-refractivity contribution in [1.82, 2.24) is 0 Å². The van der Waals surface area contributed by atoms with Crippen molar-refractivity contribution < 1.29 is 14.4 Å². The molecule has 1 saturated heterocycles. The smallest absolute Gasteiger partial charge is 0.259 e. The molecule has 1 aliphatic heterocycles. The van der Waals surface area contributed by atoms with Crippen LogP contribution in [-0.4, -0.2) is 34.4 Å². The van der Waals surface area contributed by atoms with Gasteiger partial charge in [0.1, 0.15) is 11.6 Å². The minimum absolute atomic E-state index is 0.172. The first-order valence-corrected chi connectivity index (χ1v) is 11.1. The van der Waals surface area contributed by atoms with Gasteiger partial charge in [0.2, 0.25) is 11.8 Å². The van der Waals surface area contributed by atoms with Gasteiger partial charge in [0, 0.05) is 5.69 Å². The minimum atomic E-state index is -1.14. The summed E-state index contributed by atoms with van der Waals surface area (Å²) in [4.78, 5) is 39.7. The third-order valence-corrected chi connectivity index (χ3v) is 6.26. The molecule has 0 aliphatic carbocycles. The summed E-state index contributed by atoms with van der Waals surface area (Å²) in [7, 11) is 0. The first-order valence-electron chi connectivity index (χ1n) is 9.91. The number of thiocarbonyl (C=S) groups is 1. The fourth-order valence-corrected chi connectivity index (χ4v) is 4.34. The van der Waals surface area contributed by atoms with Gasteiger partial charge in [-0.2, -0.15) is 5.26 Å². The monoisotopic (exact) mass is 518 g/mol. The number of halogens is 2. The lowest BCUT2D eigenvalue weighted by molar-refractivity contribution is -0.123. The lowest BCUT2D eigenvalue weighted by Gasteiger charge is -2.30. The molecule has 1 fully saturated rings. The van der Waals surface area contributed by atoms with Gasteiger partial charge in [-0.05, 0) is 62.5 Å². The number of benzene rings is 2. The maximum atomic E-state index is 13.3. The van der Waals surface area contributed by atoms with E-state index in [1.165, 1.54) is 17.0 Å². The molecule has 0 saturated carbocycles. The molecule has 34 heavy (non-hydrogen) atoms. The highest BCUT2D eigenvalue weighted by Gasteiger charge is 2.50. The highest BCUT2D eigenvalue weighted by atomic mass is 35.5. The molecule has 2 aromatic rings. The van der Waals surface area contributed by atoms with Gasteiger partial charge >= 0.3 is 0 Å². The Bertz CT molecular complexity index is 1260. The van der Waals surface area contributed by atoms with E-state index < -0.39 is 23.4 Å².